The molecule has 0 saturated carbocycles. The Kier molecular flexibility index (Phi) is 5.55. The number of fused-ring (bicyclic) bond motifs is 2. The van der Waals surface area contributed by atoms with Gasteiger partial charge in [0.05, 0.1) is 18.4 Å². The summed E-state index contributed by atoms with van der Waals surface area (Å²) in [5.74, 6) is 0.829. The smallest absolute Gasteiger partial charge is 0.255 e. The number of amides is 1. The molecular weight excluding hydrogens is 407 g/mol. The van der Waals surface area contributed by atoms with Gasteiger partial charge in [-0.2, -0.15) is 0 Å². The zero-order valence-corrected chi connectivity index (χ0v) is 17.9. The fourth-order valence-electron chi connectivity index (χ4n) is 5.02. The SMILES string of the molecule is Cc1ccc(-c2ncccn2)c(C(=O)N2C3CCC2[C@@H](COc2ccc(F)cn2)CC3)c1. The van der Waals surface area contributed by atoms with E-state index in [4.69, 9.17) is 4.74 Å². The largest absolute Gasteiger partial charge is 0.477 e. The highest BCUT2D eigenvalue weighted by molar-refractivity contribution is 6.01. The lowest BCUT2D eigenvalue weighted by molar-refractivity contribution is 0.0403. The number of hydrogen-bond donors (Lipinski definition) is 0. The Morgan fingerprint density at radius 1 is 1.09 bits per heavy atom. The third kappa shape index (κ3) is 3.95. The quantitative estimate of drug-likeness (QED) is 0.596. The lowest BCUT2D eigenvalue weighted by atomic mass is 9.89. The van der Waals surface area contributed by atoms with Crippen LogP contribution in [0.5, 0.6) is 5.88 Å². The molecule has 7 heteroatoms. The molecule has 2 aliphatic rings. The van der Waals surface area contributed by atoms with Crippen molar-refractivity contribution in [3.05, 3.63) is 71.9 Å². The van der Waals surface area contributed by atoms with E-state index in [1.807, 2.05) is 25.1 Å². The minimum absolute atomic E-state index is 0.0354. The average Bonchev–Trinajstić information content (AvgIpc) is 3.13. The number of aryl methyl sites for hydroxylation is 1. The summed E-state index contributed by atoms with van der Waals surface area (Å²) in [4.78, 5) is 28.6. The van der Waals surface area contributed by atoms with Gasteiger partial charge in [0.1, 0.15) is 5.82 Å². The van der Waals surface area contributed by atoms with Crippen molar-refractivity contribution in [3.8, 4) is 17.3 Å². The zero-order chi connectivity index (χ0) is 22.1. The Labute approximate surface area is 186 Å². The maximum atomic E-state index is 13.8. The summed E-state index contributed by atoms with van der Waals surface area (Å²) in [6.07, 6.45) is 8.46. The second kappa shape index (κ2) is 8.65. The van der Waals surface area contributed by atoms with E-state index in [2.05, 4.69) is 19.9 Å². The summed E-state index contributed by atoms with van der Waals surface area (Å²) in [7, 11) is 0. The highest BCUT2D eigenvalue weighted by Gasteiger charge is 2.45. The molecule has 3 atom stereocenters. The van der Waals surface area contributed by atoms with Crippen LogP contribution >= 0.6 is 0 Å². The normalized spacial score (nSPS) is 22.1. The van der Waals surface area contributed by atoms with Gasteiger partial charge >= 0.3 is 0 Å². The van der Waals surface area contributed by atoms with Crippen molar-refractivity contribution in [2.24, 2.45) is 5.92 Å². The number of ether oxygens (including phenoxy) is 1. The molecule has 2 unspecified atom stereocenters. The molecule has 0 spiro atoms. The first-order valence-corrected chi connectivity index (χ1v) is 11.0. The number of hydrogen-bond acceptors (Lipinski definition) is 5. The van der Waals surface area contributed by atoms with Gasteiger partial charge in [-0.3, -0.25) is 4.79 Å². The predicted molar refractivity (Wildman–Crippen MR) is 118 cm³/mol. The Bertz CT molecular complexity index is 1110. The monoisotopic (exact) mass is 432 g/mol. The third-order valence-corrected chi connectivity index (χ3v) is 6.55. The summed E-state index contributed by atoms with van der Waals surface area (Å²) in [5.41, 5.74) is 2.43. The number of rotatable bonds is 5. The Morgan fingerprint density at radius 3 is 2.69 bits per heavy atom. The van der Waals surface area contributed by atoms with E-state index >= 15 is 0 Å². The van der Waals surface area contributed by atoms with Crippen LogP contribution in [-0.2, 0) is 0 Å². The molecule has 6 nitrogen and oxygen atoms in total. The molecule has 0 radical (unpaired) electrons. The van der Waals surface area contributed by atoms with E-state index in [0.717, 1.165) is 43.0 Å². The maximum absolute atomic E-state index is 13.8. The van der Waals surface area contributed by atoms with Gasteiger partial charge in [0, 0.05) is 42.0 Å². The lowest BCUT2D eigenvalue weighted by Gasteiger charge is -2.40. The van der Waals surface area contributed by atoms with Crippen molar-refractivity contribution in [2.45, 2.75) is 44.7 Å². The van der Waals surface area contributed by atoms with E-state index in [1.54, 1.807) is 18.5 Å². The zero-order valence-electron chi connectivity index (χ0n) is 17.9. The first-order chi connectivity index (χ1) is 15.6. The minimum Gasteiger partial charge on any atom is -0.477 e. The summed E-state index contributed by atoms with van der Waals surface area (Å²) < 4.78 is 19.0. The molecule has 2 saturated heterocycles. The molecule has 4 heterocycles. The molecule has 0 aliphatic carbocycles. The number of aromatic nitrogens is 3. The summed E-state index contributed by atoms with van der Waals surface area (Å²) in [5, 5.41) is 0. The molecular formula is C25H25FN4O2. The summed E-state index contributed by atoms with van der Waals surface area (Å²) in [6, 6.07) is 10.9. The summed E-state index contributed by atoms with van der Waals surface area (Å²) >= 11 is 0. The van der Waals surface area contributed by atoms with Gasteiger partial charge in [-0.15, -0.1) is 0 Å². The molecule has 2 fully saturated rings. The molecule has 32 heavy (non-hydrogen) atoms. The fourth-order valence-corrected chi connectivity index (χ4v) is 5.02. The number of benzene rings is 1. The molecule has 1 amide bonds. The highest BCUT2D eigenvalue weighted by atomic mass is 19.1. The molecule has 2 aliphatic heterocycles. The van der Waals surface area contributed by atoms with Gasteiger partial charge in [0.15, 0.2) is 5.82 Å². The standard InChI is InChI=1S/C25H25FN4O2/c1-16-3-8-20(24-27-11-2-12-28-24)21(13-16)25(31)30-19-6-4-17(22(30)9-7-19)15-32-23-10-5-18(26)14-29-23/h2-3,5,8,10-14,17,19,22H,4,6-7,9,15H2,1H3/t17-,19?,22?/m1/s1. The van der Waals surface area contributed by atoms with E-state index in [1.165, 1.54) is 12.1 Å². The van der Waals surface area contributed by atoms with E-state index < -0.39 is 0 Å². The van der Waals surface area contributed by atoms with Gasteiger partial charge in [0.2, 0.25) is 5.88 Å². The minimum atomic E-state index is -0.387. The van der Waals surface area contributed by atoms with Gasteiger partial charge in [-0.1, -0.05) is 17.7 Å². The molecule has 2 aromatic heterocycles. The Morgan fingerprint density at radius 2 is 1.91 bits per heavy atom. The molecule has 164 valence electrons. The van der Waals surface area contributed by atoms with E-state index in [9.17, 15) is 9.18 Å². The van der Waals surface area contributed by atoms with Crippen molar-refractivity contribution >= 4 is 5.91 Å². The van der Waals surface area contributed by atoms with Crippen LogP contribution in [-0.4, -0.2) is 44.4 Å². The number of nitrogens with zero attached hydrogens (tertiary/aromatic N) is 4. The van der Waals surface area contributed by atoms with Crippen molar-refractivity contribution in [1.29, 1.82) is 0 Å². The fraction of sp³-hybridized carbons (Fsp3) is 0.360. The van der Waals surface area contributed by atoms with E-state index in [0.29, 0.717) is 23.9 Å². The second-order valence-corrected chi connectivity index (χ2v) is 8.60. The average molecular weight is 432 g/mol. The first-order valence-electron chi connectivity index (χ1n) is 11.0. The number of piperidine rings is 1. The van der Waals surface area contributed by atoms with Crippen LogP contribution in [0.15, 0.2) is 55.0 Å². The van der Waals surface area contributed by atoms with Crippen molar-refractivity contribution in [3.63, 3.8) is 0 Å². The number of carbonyl (C=O) groups is 1. The van der Waals surface area contributed by atoms with Crippen molar-refractivity contribution < 1.29 is 13.9 Å². The Balaban J connectivity index is 1.39. The van der Waals surface area contributed by atoms with Gasteiger partial charge in [-0.25, -0.2) is 19.3 Å². The Hall–Kier alpha value is -3.35. The van der Waals surface area contributed by atoms with Crippen LogP contribution in [0.4, 0.5) is 4.39 Å². The molecule has 5 rings (SSSR count). The molecule has 0 N–H and O–H groups in total. The van der Waals surface area contributed by atoms with Crippen molar-refractivity contribution in [1.82, 2.24) is 19.9 Å². The van der Waals surface area contributed by atoms with E-state index in [-0.39, 0.29) is 29.7 Å². The molecule has 1 aromatic carbocycles. The van der Waals surface area contributed by atoms with Gasteiger partial charge in [-0.05, 0) is 50.8 Å². The maximum Gasteiger partial charge on any atom is 0.255 e. The predicted octanol–water partition coefficient (Wildman–Crippen LogP) is 4.45. The molecule has 3 aromatic rings. The van der Waals surface area contributed by atoms with Crippen molar-refractivity contribution in [2.75, 3.05) is 6.61 Å². The molecule has 2 bridgehead atoms. The van der Waals surface area contributed by atoms with Crippen LogP contribution in [0.1, 0.15) is 41.6 Å². The number of pyridine rings is 1. The number of carbonyl (C=O) groups excluding carboxylic acids is 1. The summed E-state index contributed by atoms with van der Waals surface area (Å²) in [6.45, 7) is 2.45. The van der Waals surface area contributed by atoms with Crippen LogP contribution in [0.3, 0.4) is 0 Å². The second-order valence-electron chi connectivity index (χ2n) is 8.60. The highest BCUT2D eigenvalue weighted by Crippen LogP contribution is 2.41. The van der Waals surface area contributed by atoms with Gasteiger partial charge in [0.25, 0.3) is 5.91 Å². The first kappa shape index (κ1) is 20.5. The van der Waals surface area contributed by atoms with Crippen LogP contribution < -0.4 is 4.74 Å². The third-order valence-electron chi connectivity index (χ3n) is 6.55. The van der Waals surface area contributed by atoms with Crippen LogP contribution in [0, 0.1) is 18.7 Å². The topological polar surface area (TPSA) is 68.2 Å². The van der Waals surface area contributed by atoms with Crippen LogP contribution in [0.2, 0.25) is 0 Å². The lowest BCUT2D eigenvalue weighted by Crippen LogP contribution is -2.49. The van der Waals surface area contributed by atoms with Crippen LogP contribution in [0.25, 0.3) is 11.4 Å². The van der Waals surface area contributed by atoms with Gasteiger partial charge < -0.3 is 9.64 Å². The number of halogens is 1.